The lowest BCUT2D eigenvalue weighted by atomic mass is 10.4. The predicted octanol–water partition coefficient (Wildman–Crippen LogP) is 1.97. The van der Waals surface area contributed by atoms with E-state index in [-0.39, 0.29) is 0 Å². The molecule has 0 aromatic carbocycles. The Balaban J connectivity index is 2.94. The second-order valence-corrected chi connectivity index (χ2v) is 3.56. The Labute approximate surface area is 88.8 Å². The van der Waals surface area contributed by atoms with Crippen molar-refractivity contribution < 1.29 is 4.74 Å². The highest BCUT2D eigenvalue weighted by atomic mass is 32.1. The third-order valence-corrected chi connectivity index (χ3v) is 2.90. The van der Waals surface area contributed by atoms with Crippen LogP contribution in [0.25, 0.3) is 0 Å². The molecule has 1 heterocycles. The summed E-state index contributed by atoms with van der Waals surface area (Å²) in [6.45, 7) is 8.67. The highest BCUT2D eigenvalue weighted by Crippen LogP contribution is 2.37. The fourth-order valence-electron chi connectivity index (χ4n) is 1.28. The Bertz CT molecular complexity index is 284. The van der Waals surface area contributed by atoms with Gasteiger partial charge in [-0.25, -0.2) is 0 Å². The second-order valence-electron chi connectivity index (χ2n) is 2.81. The van der Waals surface area contributed by atoms with E-state index >= 15 is 0 Å². The van der Waals surface area contributed by atoms with Crippen LogP contribution < -0.4 is 15.4 Å². The highest BCUT2D eigenvalue weighted by Gasteiger charge is 2.16. The minimum absolute atomic E-state index is 0.499. The lowest BCUT2D eigenvalue weighted by Crippen LogP contribution is -2.21. The molecule has 0 aliphatic heterocycles. The normalized spacial score (nSPS) is 10.2. The lowest BCUT2D eigenvalue weighted by Gasteiger charge is -2.19. The monoisotopic (exact) mass is 215 g/mol. The van der Waals surface area contributed by atoms with Crippen LogP contribution in [0.3, 0.4) is 0 Å². The summed E-state index contributed by atoms with van der Waals surface area (Å²) in [7, 11) is 0. The third-order valence-electron chi connectivity index (χ3n) is 2.00. The van der Waals surface area contributed by atoms with Gasteiger partial charge >= 0.3 is 0 Å². The summed E-state index contributed by atoms with van der Waals surface area (Å²) in [6.07, 6.45) is 0. The van der Waals surface area contributed by atoms with Crippen molar-refractivity contribution in [3.05, 3.63) is 0 Å². The molecule has 0 bridgehead atoms. The molecule has 0 atom stereocenters. The quantitative estimate of drug-likeness (QED) is 0.816. The molecule has 80 valence electrons. The molecule has 0 unspecified atom stereocenters. The first-order chi connectivity index (χ1) is 6.74. The summed E-state index contributed by atoms with van der Waals surface area (Å²) in [6, 6.07) is 0. The van der Waals surface area contributed by atoms with Crippen molar-refractivity contribution in [2.75, 3.05) is 30.3 Å². The molecule has 2 N–H and O–H groups in total. The standard InChI is InChI=1S/C9H17N3OS/c1-4-12(5-2)9-7(13-6-3)8(10)11-14-9/h4-6H2,1-3H3,(H2,10,11). The Kier molecular flexibility index (Phi) is 4.00. The number of nitrogens with two attached hydrogens (primary N) is 1. The number of rotatable bonds is 5. The molecule has 0 saturated carbocycles. The highest BCUT2D eigenvalue weighted by molar-refractivity contribution is 7.11. The number of anilines is 2. The first-order valence-corrected chi connectivity index (χ1v) is 5.64. The molecule has 0 radical (unpaired) electrons. The number of nitrogens with zero attached hydrogens (tertiary/aromatic N) is 2. The summed E-state index contributed by atoms with van der Waals surface area (Å²) in [5, 5.41) is 1.04. The summed E-state index contributed by atoms with van der Waals surface area (Å²) >= 11 is 1.40. The molecule has 14 heavy (non-hydrogen) atoms. The molecule has 5 heteroatoms. The Hall–Kier alpha value is -0.970. The maximum Gasteiger partial charge on any atom is 0.197 e. The third kappa shape index (κ3) is 2.09. The number of ether oxygens (including phenoxy) is 1. The van der Waals surface area contributed by atoms with E-state index in [9.17, 15) is 0 Å². The molecule has 0 fully saturated rings. The number of hydrogen-bond acceptors (Lipinski definition) is 5. The maximum absolute atomic E-state index is 5.72. The van der Waals surface area contributed by atoms with Gasteiger partial charge in [0.1, 0.15) is 0 Å². The van der Waals surface area contributed by atoms with E-state index in [1.807, 2.05) is 6.92 Å². The van der Waals surface area contributed by atoms with Gasteiger partial charge in [-0.2, -0.15) is 4.37 Å². The van der Waals surface area contributed by atoms with Gasteiger partial charge in [-0.05, 0) is 32.3 Å². The Morgan fingerprint density at radius 3 is 2.50 bits per heavy atom. The van der Waals surface area contributed by atoms with E-state index in [0.29, 0.717) is 12.4 Å². The summed E-state index contributed by atoms with van der Waals surface area (Å²) in [5.41, 5.74) is 5.72. The molecule has 0 aliphatic rings. The first kappa shape index (κ1) is 11.1. The van der Waals surface area contributed by atoms with E-state index in [0.717, 1.165) is 23.8 Å². The van der Waals surface area contributed by atoms with Gasteiger partial charge in [-0.1, -0.05) is 0 Å². The van der Waals surface area contributed by atoms with Gasteiger partial charge < -0.3 is 15.4 Å². The van der Waals surface area contributed by atoms with Crippen LogP contribution in [0.5, 0.6) is 5.75 Å². The average molecular weight is 215 g/mol. The fourth-order valence-corrected chi connectivity index (χ4v) is 2.16. The zero-order chi connectivity index (χ0) is 10.6. The van der Waals surface area contributed by atoms with Crippen molar-refractivity contribution in [1.82, 2.24) is 4.37 Å². The average Bonchev–Trinajstić information content (AvgIpc) is 2.53. The van der Waals surface area contributed by atoms with E-state index in [2.05, 4.69) is 23.1 Å². The maximum atomic E-state index is 5.72. The molecule has 0 amide bonds. The zero-order valence-corrected chi connectivity index (χ0v) is 9.73. The Morgan fingerprint density at radius 2 is 2.00 bits per heavy atom. The fraction of sp³-hybridized carbons (Fsp3) is 0.667. The van der Waals surface area contributed by atoms with Gasteiger partial charge in [-0.3, -0.25) is 0 Å². The zero-order valence-electron chi connectivity index (χ0n) is 8.91. The predicted molar refractivity (Wildman–Crippen MR) is 61.3 cm³/mol. The van der Waals surface area contributed by atoms with Crippen LogP contribution in [0, 0.1) is 0 Å². The van der Waals surface area contributed by atoms with Gasteiger partial charge in [-0.15, -0.1) is 0 Å². The van der Waals surface area contributed by atoms with E-state index in [4.69, 9.17) is 10.5 Å². The van der Waals surface area contributed by atoms with Crippen LogP contribution in [0.4, 0.5) is 10.8 Å². The summed E-state index contributed by atoms with van der Waals surface area (Å²) in [4.78, 5) is 2.19. The van der Waals surface area contributed by atoms with E-state index < -0.39 is 0 Å². The molecular formula is C9H17N3OS. The summed E-state index contributed by atoms with van der Waals surface area (Å²) in [5.74, 6) is 1.24. The minimum Gasteiger partial charge on any atom is -0.487 e. The lowest BCUT2D eigenvalue weighted by molar-refractivity contribution is 0.343. The molecule has 1 rings (SSSR count). The number of aromatic nitrogens is 1. The van der Waals surface area contributed by atoms with Gasteiger partial charge in [0.2, 0.25) is 0 Å². The van der Waals surface area contributed by atoms with Crippen LogP contribution in [0.2, 0.25) is 0 Å². The first-order valence-electron chi connectivity index (χ1n) is 4.87. The SMILES string of the molecule is CCOc1c(N)nsc1N(CC)CC. The molecule has 0 aliphatic carbocycles. The van der Waals surface area contributed by atoms with Crippen molar-refractivity contribution >= 4 is 22.4 Å². The second kappa shape index (κ2) is 5.05. The Morgan fingerprint density at radius 1 is 1.36 bits per heavy atom. The molecule has 1 aromatic heterocycles. The van der Waals surface area contributed by atoms with Crippen LogP contribution >= 0.6 is 11.5 Å². The van der Waals surface area contributed by atoms with Crippen LogP contribution in [-0.4, -0.2) is 24.1 Å². The number of hydrogen-bond donors (Lipinski definition) is 1. The topological polar surface area (TPSA) is 51.4 Å². The van der Waals surface area contributed by atoms with Gasteiger partial charge in [0.25, 0.3) is 0 Å². The smallest absolute Gasteiger partial charge is 0.197 e. The van der Waals surface area contributed by atoms with E-state index in [1.165, 1.54) is 11.5 Å². The molecule has 4 nitrogen and oxygen atoms in total. The van der Waals surface area contributed by atoms with Gasteiger partial charge in [0.05, 0.1) is 6.61 Å². The molecule has 0 saturated heterocycles. The molecule has 0 spiro atoms. The molecule has 1 aromatic rings. The van der Waals surface area contributed by atoms with Crippen LogP contribution in [0.15, 0.2) is 0 Å². The molecular weight excluding hydrogens is 198 g/mol. The van der Waals surface area contributed by atoms with E-state index in [1.54, 1.807) is 0 Å². The van der Waals surface area contributed by atoms with Crippen molar-refractivity contribution in [2.24, 2.45) is 0 Å². The van der Waals surface area contributed by atoms with Crippen molar-refractivity contribution in [1.29, 1.82) is 0 Å². The van der Waals surface area contributed by atoms with Gasteiger partial charge in [0.15, 0.2) is 16.6 Å². The van der Waals surface area contributed by atoms with Gasteiger partial charge in [0, 0.05) is 13.1 Å². The van der Waals surface area contributed by atoms with Crippen LogP contribution in [-0.2, 0) is 0 Å². The minimum atomic E-state index is 0.499. The van der Waals surface area contributed by atoms with Crippen molar-refractivity contribution in [3.8, 4) is 5.75 Å². The largest absolute Gasteiger partial charge is 0.487 e. The number of nitrogen functional groups attached to an aromatic ring is 1. The van der Waals surface area contributed by atoms with Crippen molar-refractivity contribution in [3.63, 3.8) is 0 Å². The summed E-state index contributed by atoms with van der Waals surface area (Å²) < 4.78 is 9.58. The van der Waals surface area contributed by atoms with Crippen LogP contribution in [0.1, 0.15) is 20.8 Å². The van der Waals surface area contributed by atoms with Crippen molar-refractivity contribution in [2.45, 2.75) is 20.8 Å².